The van der Waals surface area contributed by atoms with Crippen molar-refractivity contribution in [1.29, 1.82) is 0 Å². The fourth-order valence-electron chi connectivity index (χ4n) is 4.36. The van der Waals surface area contributed by atoms with Crippen molar-refractivity contribution in [2.45, 2.75) is 32.0 Å². The molecule has 0 aliphatic heterocycles. The van der Waals surface area contributed by atoms with Gasteiger partial charge in [-0.15, -0.1) is 0 Å². The van der Waals surface area contributed by atoms with Gasteiger partial charge in [-0.05, 0) is 73.4 Å². The molecule has 0 atom stereocenters. The van der Waals surface area contributed by atoms with E-state index < -0.39 is 11.7 Å². The molecule has 1 N–H and O–H groups in total. The van der Waals surface area contributed by atoms with Gasteiger partial charge in [-0.1, -0.05) is 35.9 Å². The Kier molecular flexibility index (Phi) is 6.11. The molecule has 4 nitrogen and oxygen atoms in total. The fourth-order valence-corrected chi connectivity index (χ4v) is 4.48. The van der Waals surface area contributed by atoms with Crippen molar-refractivity contribution in [3.8, 4) is 16.9 Å². The lowest BCUT2D eigenvalue weighted by Gasteiger charge is -2.13. The largest absolute Gasteiger partial charge is 0.416 e. The van der Waals surface area contributed by atoms with Gasteiger partial charge in [0.25, 0.3) is 5.91 Å². The van der Waals surface area contributed by atoms with E-state index in [1.54, 1.807) is 47.1 Å². The molecule has 8 heteroatoms. The van der Waals surface area contributed by atoms with Crippen LogP contribution in [0, 0.1) is 0 Å². The quantitative estimate of drug-likeness (QED) is 0.338. The standard InChI is InChI=1S/C27H21ClF3N3O/c28-21-11-7-17(8-12-21)16-32-26(35)18-9-13-22(14-10-18)34-25(23-5-2-6-24(23)33-34)19-3-1-4-20(15-19)27(29,30)31/h1,3-4,7-15H,2,5-6,16H2,(H,32,35). The van der Waals surface area contributed by atoms with E-state index >= 15 is 0 Å². The maximum Gasteiger partial charge on any atom is 0.416 e. The lowest BCUT2D eigenvalue weighted by Crippen LogP contribution is -2.22. The number of amides is 1. The van der Waals surface area contributed by atoms with Gasteiger partial charge in [-0.2, -0.15) is 18.3 Å². The van der Waals surface area contributed by atoms with Crippen molar-refractivity contribution in [2.24, 2.45) is 0 Å². The molecule has 0 fully saturated rings. The molecule has 3 aromatic carbocycles. The molecule has 1 aliphatic carbocycles. The highest BCUT2D eigenvalue weighted by Crippen LogP contribution is 2.37. The van der Waals surface area contributed by atoms with Crippen LogP contribution in [0.5, 0.6) is 0 Å². The number of carbonyl (C=O) groups excluding carboxylic acids is 1. The van der Waals surface area contributed by atoms with Crippen LogP contribution in [-0.4, -0.2) is 15.7 Å². The zero-order chi connectivity index (χ0) is 24.6. The van der Waals surface area contributed by atoms with E-state index in [1.165, 1.54) is 12.1 Å². The number of halogens is 4. The van der Waals surface area contributed by atoms with Crippen molar-refractivity contribution in [1.82, 2.24) is 15.1 Å². The number of benzene rings is 3. The summed E-state index contributed by atoms with van der Waals surface area (Å²) in [5, 5.41) is 8.21. The maximum atomic E-state index is 13.3. The van der Waals surface area contributed by atoms with Crippen LogP contribution in [0.3, 0.4) is 0 Å². The third-order valence-corrected chi connectivity index (χ3v) is 6.36. The van der Waals surface area contributed by atoms with E-state index in [4.69, 9.17) is 16.7 Å². The summed E-state index contributed by atoms with van der Waals surface area (Å²) in [4.78, 5) is 12.6. The third-order valence-electron chi connectivity index (χ3n) is 6.11. The van der Waals surface area contributed by atoms with E-state index in [2.05, 4.69) is 5.32 Å². The summed E-state index contributed by atoms with van der Waals surface area (Å²) in [6.07, 6.45) is -1.94. The van der Waals surface area contributed by atoms with Crippen molar-refractivity contribution in [2.75, 3.05) is 0 Å². The Labute approximate surface area is 205 Å². The summed E-state index contributed by atoms with van der Waals surface area (Å²) in [5.74, 6) is -0.229. The van der Waals surface area contributed by atoms with E-state index in [-0.39, 0.29) is 5.91 Å². The first kappa shape index (κ1) is 23.2. The molecule has 0 spiro atoms. The molecule has 0 saturated heterocycles. The Morgan fingerprint density at radius 3 is 2.46 bits per heavy atom. The molecule has 4 aromatic rings. The molecule has 0 saturated carbocycles. The van der Waals surface area contributed by atoms with E-state index in [0.29, 0.717) is 34.1 Å². The van der Waals surface area contributed by atoms with E-state index in [1.807, 2.05) is 12.1 Å². The molecule has 1 aromatic heterocycles. The van der Waals surface area contributed by atoms with Crippen LogP contribution in [0.2, 0.25) is 5.02 Å². The molecule has 1 heterocycles. The van der Waals surface area contributed by atoms with Gasteiger partial charge in [0.05, 0.1) is 22.6 Å². The van der Waals surface area contributed by atoms with Crippen molar-refractivity contribution in [3.63, 3.8) is 0 Å². The molecule has 0 unspecified atom stereocenters. The first-order chi connectivity index (χ1) is 16.8. The Morgan fingerprint density at radius 1 is 1.00 bits per heavy atom. The minimum atomic E-state index is -4.43. The number of aryl methyl sites for hydroxylation is 1. The number of alkyl halides is 3. The van der Waals surface area contributed by atoms with Crippen LogP contribution in [0.4, 0.5) is 13.2 Å². The van der Waals surface area contributed by atoms with Gasteiger partial charge in [0, 0.05) is 28.3 Å². The molecule has 35 heavy (non-hydrogen) atoms. The normalized spacial score (nSPS) is 13.0. The van der Waals surface area contributed by atoms with Gasteiger partial charge >= 0.3 is 6.18 Å². The minimum absolute atomic E-state index is 0.229. The number of hydrogen-bond donors (Lipinski definition) is 1. The summed E-state index contributed by atoms with van der Waals surface area (Å²) >= 11 is 5.89. The van der Waals surface area contributed by atoms with Crippen molar-refractivity contribution >= 4 is 17.5 Å². The topological polar surface area (TPSA) is 46.9 Å². The van der Waals surface area contributed by atoms with Gasteiger partial charge in [-0.25, -0.2) is 4.68 Å². The average molecular weight is 496 g/mol. The SMILES string of the molecule is O=C(NCc1ccc(Cl)cc1)c1ccc(-n2nc3c(c2-c2cccc(C(F)(F)F)c2)CCC3)cc1. The van der Waals surface area contributed by atoms with Crippen molar-refractivity contribution in [3.05, 3.63) is 106 Å². The van der Waals surface area contributed by atoms with Gasteiger partial charge in [0.1, 0.15) is 0 Å². The van der Waals surface area contributed by atoms with Crippen molar-refractivity contribution < 1.29 is 18.0 Å². The highest BCUT2D eigenvalue weighted by atomic mass is 35.5. The molecule has 0 bridgehead atoms. The Hall–Kier alpha value is -3.58. The van der Waals surface area contributed by atoms with Crippen LogP contribution >= 0.6 is 11.6 Å². The number of carbonyl (C=O) groups is 1. The summed E-state index contributed by atoms with van der Waals surface area (Å²) in [6.45, 7) is 0.364. The first-order valence-corrected chi connectivity index (χ1v) is 11.6. The zero-order valence-electron chi connectivity index (χ0n) is 18.6. The second-order valence-corrected chi connectivity index (χ2v) is 8.91. The highest BCUT2D eigenvalue weighted by molar-refractivity contribution is 6.30. The molecular formula is C27H21ClF3N3O. The van der Waals surface area contributed by atoms with Gasteiger partial charge < -0.3 is 5.32 Å². The van der Waals surface area contributed by atoms with Crippen LogP contribution in [0.1, 0.15) is 39.2 Å². The number of hydrogen-bond acceptors (Lipinski definition) is 2. The second-order valence-electron chi connectivity index (χ2n) is 8.47. The van der Waals surface area contributed by atoms with Crippen LogP contribution in [-0.2, 0) is 25.6 Å². The lowest BCUT2D eigenvalue weighted by atomic mass is 10.0. The smallest absolute Gasteiger partial charge is 0.348 e. The van der Waals surface area contributed by atoms with Crippen LogP contribution in [0.15, 0.2) is 72.8 Å². The van der Waals surface area contributed by atoms with Gasteiger partial charge in [0.2, 0.25) is 0 Å². The molecule has 1 aliphatic rings. The summed E-state index contributed by atoms with van der Waals surface area (Å²) in [6, 6.07) is 19.5. The monoisotopic (exact) mass is 495 g/mol. The fraction of sp³-hybridized carbons (Fsp3) is 0.185. The Morgan fingerprint density at radius 2 is 1.74 bits per heavy atom. The molecule has 1 amide bonds. The molecule has 178 valence electrons. The van der Waals surface area contributed by atoms with Crippen LogP contribution < -0.4 is 5.32 Å². The Bertz CT molecular complexity index is 1380. The maximum absolute atomic E-state index is 13.3. The summed E-state index contributed by atoms with van der Waals surface area (Å²) in [7, 11) is 0. The number of fused-ring (bicyclic) bond motifs is 1. The molecule has 0 radical (unpaired) electrons. The predicted molar refractivity (Wildman–Crippen MR) is 129 cm³/mol. The number of nitrogens with one attached hydrogen (secondary N) is 1. The first-order valence-electron chi connectivity index (χ1n) is 11.2. The average Bonchev–Trinajstić information content (AvgIpc) is 3.45. The van der Waals surface area contributed by atoms with Gasteiger partial charge in [-0.3, -0.25) is 4.79 Å². The predicted octanol–water partition coefficient (Wildman–Crippen LogP) is 6.63. The Balaban J connectivity index is 1.42. The van der Waals surface area contributed by atoms with E-state index in [9.17, 15) is 18.0 Å². The van der Waals surface area contributed by atoms with Crippen LogP contribution in [0.25, 0.3) is 16.9 Å². The summed E-state index contributed by atoms with van der Waals surface area (Å²) in [5.41, 5.74) is 4.42. The number of nitrogens with zero attached hydrogens (tertiary/aromatic N) is 2. The zero-order valence-corrected chi connectivity index (χ0v) is 19.3. The second kappa shape index (κ2) is 9.23. The van der Waals surface area contributed by atoms with E-state index in [0.717, 1.165) is 42.1 Å². The summed E-state index contributed by atoms with van der Waals surface area (Å²) < 4.78 is 41.7. The highest BCUT2D eigenvalue weighted by Gasteiger charge is 2.31. The third kappa shape index (κ3) is 4.82. The van der Waals surface area contributed by atoms with Gasteiger partial charge in [0.15, 0.2) is 0 Å². The number of aromatic nitrogens is 2. The molecule has 5 rings (SSSR count). The molecular weight excluding hydrogens is 475 g/mol. The lowest BCUT2D eigenvalue weighted by molar-refractivity contribution is -0.137. The number of rotatable bonds is 5. The minimum Gasteiger partial charge on any atom is -0.348 e.